The zero-order valence-electron chi connectivity index (χ0n) is 19.7. The number of carbonyl (C=O) groups excluding carboxylic acids is 2. The second-order valence-corrected chi connectivity index (χ2v) is 9.31. The van der Waals surface area contributed by atoms with Gasteiger partial charge in [-0.3, -0.25) is 9.59 Å². The van der Waals surface area contributed by atoms with Gasteiger partial charge in [-0.1, -0.05) is 61.5 Å². The maximum Gasteiger partial charge on any atom is 0.227 e. The van der Waals surface area contributed by atoms with E-state index in [2.05, 4.69) is 43.3 Å². The van der Waals surface area contributed by atoms with E-state index in [4.69, 9.17) is 4.74 Å². The van der Waals surface area contributed by atoms with Crippen molar-refractivity contribution in [2.24, 2.45) is 5.92 Å². The van der Waals surface area contributed by atoms with Crippen molar-refractivity contribution in [3.8, 4) is 11.1 Å². The smallest absolute Gasteiger partial charge is 0.227 e. The average Bonchev–Trinajstić information content (AvgIpc) is 3.32. The molecule has 0 unspecified atom stereocenters. The fourth-order valence-corrected chi connectivity index (χ4v) is 5.02. The third-order valence-corrected chi connectivity index (χ3v) is 6.81. The van der Waals surface area contributed by atoms with Gasteiger partial charge in [-0.15, -0.1) is 0 Å². The predicted molar refractivity (Wildman–Crippen MR) is 131 cm³/mol. The topological polar surface area (TPSA) is 49.9 Å². The van der Waals surface area contributed by atoms with E-state index in [9.17, 15) is 9.59 Å². The molecule has 2 amide bonds. The van der Waals surface area contributed by atoms with Crippen molar-refractivity contribution >= 4 is 11.8 Å². The highest BCUT2D eigenvalue weighted by molar-refractivity contribution is 5.82. The molecule has 2 aliphatic heterocycles. The lowest BCUT2D eigenvalue weighted by molar-refractivity contribution is -0.135. The van der Waals surface area contributed by atoms with Gasteiger partial charge in [0, 0.05) is 39.2 Å². The fraction of sp³-hybridized carbons (Fsp3) is 0.500. The van der Waals surface area contributed by atoms with Crippen LogP contribution in [0.15, 0.2) is 54.6 Å². The Balaban J connectivity index is 1.47. The van der Waals surface area contributed by atoms with Crippen LogP contribution in [0.4, 0.5) is 0 Å². The molecule has 0 radical (unpaired) electrons. The average molecular weight is 449 g/mol. The number of benzene rings is 2. The molecule has 2 atom stereocenters. The zero-order chi connectivity index (χ0) is 23.0. The lowest BCUT2D eigenvalue weighted by Crippen LogP contribution is -2.38. The zero-order valence-corrected chi connectivity index (χ0v) is 19.7. The number of nitrogens with zero attached hydrogens (tertiary/aromatic N) is 2. The van der Waals surface area contributed by atoms with Crippen LogP contribution in [0.25, 0.3) is 11.1 Å². The first-order valence-corrected chi connectivity index (χ1v) is 12.5. The van der Waals surface area contributed by atoms with Gasteiger partial charge >= 0.3 is 0 Å². The summed E-state index contributed by atoms with van der Waals surface area (Å²) >= 11 is 0. The SMILES string of the molecule is CCCN1CCN(C(=O)CC[C@H]2CCCO2)C[C@@H](Cc2cccc(-c3ccccc3)c2)C1=O. The molecule has 2 aliphatic rings. The maximum atomic E-state index is 13.4. The Morgan fingerprint density at radius 2 is 1.88 bits per heavy atom. The second kappa shape index (κ2) is 11.5. The van der Waals surface area contributed by atoms with Gasteiger partial charge in [0.15, 0.2) is 0 Å². The van der Waals surface area contributed by atoms with E-state index >= 15 is 0 Å². The monoisotopic (exact) mass is 448 g/mol. The van der Waals surface area contributed by atoms with Crippen LogP contribution in [0.1, 0.15) is 44.6 Å². The highest BCUT2D eigenvalue weighted by Gasteiger charge is 2.32. The van der Waals surface area contributed by atoms with Gasteiger partial charge in [0.25, 0.3) is 0 Å². The molecule has 33 heavy (non-hydrogen) atoms. The molecule has 0 saturated carbocycles. The molecule has 0 N–H and O–H groups in total. The quantitative estimate of drug-likeness (QED) is 0.595. The van der Waals surface area contributed by atoms with Crippen molar-refractivity contribution in [1.82, 2.24) is 9.80 Å². The van der Waals surface area contributed by atoms with Crippen LogP contribution >= 0.6 is 0 Å². The number of carbonyl (C=O) groups is 2. The largest absolute Gasteiger partial charge is 0.378 e. The first kappa shape index (κ1) is 23.5. The highest BCUT2D eigenvalue weighted by Crippen LogP contribution is 2.24. The second-order valence-electron chi connectivity index (χ2n) is 9.31. The van der Waals surface area contributed by atoms with Crippen LogP contribution in [-0.2, 0) is 20.7 Å². The van der Waals surface area contributed by atoms with Gasteiger partial charge in [0.2, 0.25) is 11.8 Å². The Labute approximate surface area is 197 Å². The van der Waals surface area contributed by atoms with Gasteiger partial charge in [-0.2, -0.15) is 0 Å². The third kappa shape index (κ3) is 6.23. The molecule has 5 nitrogen and oxygen atoms in total. The molecule has 2 heterocycles. The Kier molecular flexibility index (Phi) is 8.16. The molecule has 2 fully saturated rings. The molecule has 0 aromatic heterocycles. The van der Waals surface area contributed by atoms with Gasteiger partial charge in [-0.05, 0) is 48.8 Å². The third-order valence-electron chi connectivity index (χ3n) is 6.81. The van der Waals surface area contributed by atoms with Crippen molar-refractivity contribution in [2.75, 3.05) is 32.8 Å². The molecule has 4 rings (SSSR count). The molecular weight excluding hydrogens is 412 g/mol. The van der Waals surface area contributed by atoms with Crippen molar-refractivity contribution in [1.29, 1.82) is 0 Å². The van der Waals surface area contributed by atoms with Gasteiger partial charge < -0.3 is 14.5 Å². The first-order chi connectivity index (χ1) is 16.1. The van der Waals surface area contributed by atoms with Gasteiger partial charge in [0.05, 0.1) is 12.0 Å². The van der Waals surface area contributed by atoms with E-state index < -0.39 is 0 Å². The molecule has 2 aromatic carbocycles. The fourth-order valence-electron chi connectivity index (χ4n) is 5.02. The number of rotatable bonds is 8. The van der Waals surface area contributed by atoms with Crippen LogP contribution in [0.2, 0.25) is 0 Å². The standard InChI is InChI=1S/C28H36N2O3/c1-2-15-29-16-17-30(27(31)14-13-26-12-7-18-33-26)21-25(28(29)32)20-22-8-6-11-24(19-22)23-9-4-3-5-10-23/h3-6,8-11,19,25-26H,2,7,12-18,20-21H2,1H3/t25-,26-/m1/s1. The molecule has 0 bridgehead atoms. The summed E-state index contributed by atoms with van der Waals surface area (Å²) in [6.45, 7) is 5.40. The van der Waals surface area contributed by atoms with Crippen molar-refractivity contribution in [3.63, 3.8) is 0 Å². The number of amides is 2. The summed E-state index contributed by atoms with van der Waals surface area (Å²) in [7, 11) is 0. The molecular formula is C28H36N2O3. The Morgan fingerprint density at radius 1 is 1.06 bits per heavy atom. The van der Waals surface area contributed by atoms with Crippen LogP contribution in [-0.4, -0.2) is 60.5 Å². The number of hydrogen-bond donors (Lipinski definition) is 0. The highest BCUT2D eigenvalue weighted by atomic mass is 16.5. The summed E-state index contributed by atoms with van der Waals surface area (Å²) in [5.74, 6) is 0.118. The van der Waals surface area contributed by atoms with E-state index in [-0.39, 0.29) is 23.8 Å². The first-order valence-electron chi connectivity index (χ1n) is 12.5. The minimum atomic E-state index is -0.211. The van der Waals surface area contributed by atoms with Crippen molar-refractivity contribution < 1.29 is 14.3 Å². The predicted octanol–water partition coefficient (Wildman–Crippen LogP) is 4.55. The van der Waals surface area contributed by atoms with E-state index in [0.717, 1.165) is 50.0 Å². The number of ether oxygens (including phenoxy) is 1. The molecule has 5 heteroatoms. The molecule has 176 valence electrons. The Morgan fingerprint density at radius 3 is 2.64 bits per heavy atom. The summed E-state index contributed by atoms with van der Waals surface area (Å²) in [6, 6.07) is 18.8. The van der Waals surface area contributed by atoms with Crippen molar-refractivity contribution in [3.05, 3.63) is 60.2 Å². The van der Waals surface area contributed by atoms with Crippen molar-refractivity contribution in [2.45, 2.75) is 51.6 Å². The summed E-state index contributed by atoms with van der Waals surface area (Å²) in [4.78, 5) is 30.3. The summed E-state index contributed by atoms with van der Waals surface area (Å²) in [5.41, 5.74) is 3.47. The van der Waals surface area contributed by atoms with Crippen LogP contribution in [0.5, 0.6) is 0 Å². The van der Waals surface area contributed by atoms with E-state index in [1.165, 1.54) is 5.56 Å². The molecule has 0 spiro atoms. The molecule has 2 saturated heterocycles. The molecule has 0 aliphatic carbocycles. The molecule has 2 aromatic rings. The van der Waals surface area contributed by atoms with Crippen LogP contribution < -0.4 is 0 Å². The number of hydrogen-bond acceptors (Lipinski definition) is 3. The Bertz CT molecular complexity index is 924. The Hall–Kier alpha value is -2.66. The summed E-state index contributed by atoms with van der Waals surface area (Å²) in [5, 5.41) is 0. The summed E-state index contributed by atoms with van der Waals surface area (Å²) < 4.78 is 5.70. The van der Waals surface area contributed by atoms with E-state index in [0.29, 0.717) is 32.5 Å². The minimum absolute atomic E-state index is 0.152. The maximum absolute atomic E-state index is 13.4. The van der Waals surface area contributed by atoms with Crippen LogP contribution in [0, 0.1) is 5.92 Å². The summed E-state index contributed by atoms with van der Waals surface area (Å²) in [6.07, 6.45) is 5.22. The lowest BCUT2D eigenvalue weighted by Gasteiger charge is -2.24. The van der Waals surface area contributed by atoms with E-state index in [1.54, 1.807) is 0 Å². The normalized spacial score (nSPS) is 21.3. The lowest BCUT2D eigenvalue weighted by atomic mass is 9.94. The minimum Gasteiger partial charge on any atom is -0.378 e. The van der Waals surface area contributed by atoms with Gasteiger partial charge in [0.1, 0.15) is 0 Å². The van der Waals surface area contributed by atoms with E-state index in [1.807, 2.05) is 28.0 Å². The van der Waals surface area contributed by atoms with Crippen LogP contribution in [0.3, 0.4) is 0 Å². The van der Waals surface area contributed by atoms with Gasteiger partial charge in [-0.25, -0.2) is 0 Å².